The van der Waals surface area contributed by atoms with E-state index in [1.165, 1.54) is 12.3 Å². The minimum absolute atomic E-state index is 0.124. The molecule has 1 aliphatic rings. The number of hydrogen-bond donors (Lipinski definition) is 2. The summed E-state index contributed by atoms with van der Waals surface area (Å²) in [7, 11) is -3.45. The average Bonchev–Trinajstić information content (AvgIpc) is 2.93. The van der Waals surface area contributed by atoms with E-state index in [0.717, 1.165) is 19.3 Å². The molecule has 0 amide bonds. The molecule has 1 aliphatic heterocycles. The second kappa shape index (κ2) is 5.67. The Morgan fingerprint density at radius 1 is 1.40 bits per heavy atom. The maximum Gasteiger partial charge on any atom is 0.244 e. The van der Waals surface area contributed by atoms with Crippen LogP contribution < -0.4 is 11.3 Å². The predicted molar refractivity (Wildman–Crippen MR) is 78.4 cm³/mol. The molecule has 0 bridgehead atoms. The van der Waals surface area contributed by atoms with Gasteiger partial charge in [0, 0.05) is 19.3 Å². The summed E-state index contributed by atoms with van der Waals surface area (Å²) in [5, 5.41) is 0. The van der Waals surface area contributed by atoms with E-state index in [4.69, 9.17) is 5.84 Å². The van der Waals surface area contributed by atoms with Gasteiger partial charge in [0.05, 0.1) is 0 Å². The van der Waals surface area contributed by atoms with Gasteiger partial charge >= 0.3 is 0 Å². The van der Waals surface area contributed by atoms with Crippen LogP contribution in [0.4, 0.5) is 5.82 Å². The minimum Gasteiger partial charge on any atom is -0.308 e. The molecule has 7 heteroatoms. The van der Waals surface area contributed by atoms with Gasteiger partial charge in [0.25, 0.3) is 0 Å². The molecule has 6 nitrogen and oxygen atoms in total. The van der Waals surface area contributed by atoms with Gasteiger partial charge in [-0.25, -0.2) is 19.2 Å². The highest BCUT2D eigenvalue weighted by molar-refractivity contribution is 7.89. The molecule has 0 aliphatic carbocycles. The summed E-state index contributed by atoms with van der Waals surface area (Å²) in [5.41, 5.74) is 2.51. The van der Waals surface area contributed by atoms with Gasteiger partial charge in [-0.05, 0) is 36.8 Å². The first-order chi connectivity index (χ1) is 9.47. The Kier molecular flexibility index (Phi) is 4.31. The molecule has 0 saturated carbocycles. The molecule has 1 aromatic heterocycles. The Bertz CT molecular complexity index is 552. The Hall–Kier alpha value is -1.18. The van der Waals surface area contributed by atoms with E-state index in [1.54, 1.807) is 10.4 Å². The number of sulfonamides is 1. The molecule has 3 N–H and O–H groups in total. The van der Waals surface area contributed by atoms with Crippen molar-refractivity contribution in [3.05, 3.63) is 18.3 Å². The molecule has 112 valence electrons. The Labute approximate surface area is 120 Å². The van der Waals surface area contributed by atoms with Crippen molar-refractivity contribution in [1.29, 1.82) is 0 Å². The van der Waals surface area contributed by atoms with Crippen molar-refractivity contribution in [2.45, 2.75) is 38.0 Å². The van der Waals surface area contributed by atoms with E-state index >= 15 is 0 Å². The quantitative estimate of drug-likeness (QED) is 0.636. The van der Waals surface area contributed by atoms with Gasteiger partial charge in [-0.2, -0.15) is 4.31 Å². The first-order valence-electron chi connectivity index (χ1n) is 6.90. The van der Waals surface area contributed by atoms with E-state index in [-0.39, 0.29) is 10.3 Å². The SMILES string of the molecule is CCC1(CC)CCN(S(=O)(=O)c2ccc(NN)nc2)C1. The smallest absolute Gasteiger partial charge is 0.244 e. The fourth-order valence-electron chi connectivity index (χ4n) is 2.69. The number of rotatable bonds is 5. The molecule has 1 aromatic rings. The molecular formula is C13H22N4O2S. The normalized spacial score (nSPS) is 19.1. The van der Waals surface area contributed by atoms with E-state index in [9.17, 15) is 8.42 Å². The molecule has 0 radical (unpaired) electrons. The lowest BCUT2D eigenvalue weighted by molar-refractivity contribution is 0.279. The third-order valence-corrected chi connectivity index (χ3v) is 6.25. The third-order valence-electron chi connectivity index (χ3n) is 4.43. The number of hydrogen-bond acceptors (Lipinski definition) is 5. The second-order valence-corrected chi connectivity index (χ2v) is 7.26. The minimum atomic E-state index is -3.45. The third kappa shape index (κ3) is 2.65. The highest BCUT2D eigenvalue weighted by Gasteiger charge is 2.40. The lowest BCUT2D eigenvalue weighted by Gasteiger charge is -2.26. The maximum atomic E-state index is 12.6. The van der Waals surface area contributed by atoms with Crippen molar-refractivity contribution in [3.8, 4) is 0 Å². The summed E-state index contributed by atoms with van der Waals surface area (Å²) in [6, 6.07) is 3.10. The van der Waals surface area contributed by atoms with Gasteiger partial charge in [0.15, 0.2) is 0 Å². The van der Waals surface area contributed by atoms with Gasteiger partial charge in [-0.15, -0.1) is 0 Å². The van der Waals surface area contributed by atoms with Crippen LogP contribution in [0.2, 0.25) is 0 Å². The summed E-state index contributed by atoms with van der Waals surface area (Å²) >= 11 is 0. The summed E-state index contributed by atoms with van der Waals surface area (Å²) in [6.45, 7) is 5.44. The molecule has 2 heterocycles. The molecular weight excluding hydrogens is 276 g/mol. The Morgan fingerprint density at radius 3 is 2.55 bits per heavy atom. The Morgan fingerprint density at radius 2 is 2.10 bits per heavy atom. The molecule has 1 saturated heterocycles. The second-order valence-electron chi connectivity index (χ2n) is 5.32. The van der Waals surface area contributed by atoms with Crippen molar-refractivity contribution in [2.75, 3.05) is 18.5 Å². The fraction of sp³-hybridized carbons (Fsp3) is 0.615. The van der Waals surface area contributed by atoms with Crippen molar-refractivity contribution >= 4 is 15.8 Å². The van der Waals surface area contributed by atoms with Gasteiger partial charge in [0.2, 0.25) is 10.0 Å². The largest absolute Gasteiger partial charge is 0.308 e. The van der Waals surface area contributed by atoms with Gasteiger partial charge in [0.1, 0.15) is 10.7 Å². The zero-order chi connectivity index (χ0) is 14.8. The topological polar surface area (TPSA) is 88.3 Å². The molecule has 0 atom stereocenters. The number of pyridine rings is 1. The van der Waals surface area contributed by atoms with Crippen LogP contribution in [0, 0.1) is 5.41 Å². The van der Waals surface area contributed by atoms with Crippen molar-refractivity contribution in [1.82, 2.24) is 9.29 Å². The van der Waals surface area contributed by atoms with Crippen LogP contribution >= 0.6 is 0 Å². The van der Waals surface area contributed by atoms with Crippen LogP contribution in [0.25, 0.3) is 0 Å². The predicted octanol–water partition coefficient (Wildman–Crippen LogP) is 1.57. The van der Waals surface area contributed by atoms with Crippen LogP contribution in [0.3, 0.4) is 0 Å². The van der Waals surface area contributed by atoms with Crippen molar-refractivity contribution in [3.63, 3.8) is 0 Å². The number of nitrogens with zero attached hydrogens (tertiary/aromatic N) is 2. The first kappa shape index (κ1) is 15.2. The van der Waals surface area contributed by atoms with Gasteiger partial charge in [-0.1, -0.05) is 13.8 Å². The first-order valence-corrected chi connectivity index (χ1v) is 8.34. The van der Waals surface area contributed by atoms with E-state index in [0.29, 0.717) is 18.9 Å². The molecule has 2 rings (SSSR count). The molecule has 20 heavy (non-hydrogen) atoms. The maximum absolute atomic E-state index is 12.6. The standard InChI is InChI=1S/C13H22N4O2S/c1-3-13(4-2)7-8-17(10-13)20(18,19)11-5-6-12(16-14)15-9-11/h5-6,9H,3-4,7-8,10,14H2,1-2H3,(H,15,16). The fourth-order valence-corrected chi connectivity index (χ4v) is 4.19. The highest BCUT2D eigenvalue weighted by Crippen LogP contribution is 2.39. The number of anilines is 1. The molecule has 0 unspecified atom stereocenters. The van der Waals surface area contributed by atoms with Crippen LogP contribution in [-0.2, 0) is 10.0 Å². The number of nitrogens with one attached hydrogen (secondary N) is 1. The zero-order valence-corrected chi connectivity index (χ0v) is 12.8. The van der Waals surface area contributed by atoms with E-state index in [1.807, 2.05) is 0 Å². The number of nitrogen functional groups attached to an aromatic ring is 1. The Balaban J connectivity index is 2.23. The highest BCUT2D eigenvalue weighted by atomic mass is 32.2. The summed E-state index contributed by atoms with van der Waals surface area (Å²) in [4.78, 5) is 4.19. The van der Waals surface area contributed by atoms with Crippen LogP contribution in [0.1, 0.15) is 33.1 Å². The van der Waals surface area contributed by atoms with Gasteiger partial charge < -0.3 is 5.43 Å². The van der Waals surface area contributed by atoms with Crippen LogP contribution in [-0.4, -0.2) is 30.8 Å². The van der Waals surface area contributed by atoms with Crippen LogP contribution in [0.5, 0.6) is 0 Å². The van der Waals surface area contributed by atoms with E-state index < -0.39 is 10.0 Å². The monoisotopic (exact) mass is 298 g/mol. The lowest BCUT2D eigenvalue weighted by atomic mass is 9.82. The summed E-state index contributed by atoms with van der Waals surface area (Å²) in [5.74, 6) is 5.68. The number of nitrogens with two attached hydrogens (primary N) is 1. The number of aromatic nitrogens is 1. The van der Waals surface area contributed by atoms with Crippen LogP contribution in [0.15, 0.2) is 23.2 Å². The summed E-state index contributed by atoms with van der Waals surface area (Å²) < 4.78 is 26.8. The molecule has 0 aromatic carbocycles. The average molecular weight is 298 g/mol. The van der Waals surface area contributed by atoms with Crippen molar-refractivity contribution in [2.24, 2.45) is 11.3 Å². The van der Waals surface area contributed by atoms with Crippen molar-refractivity contribution < 1.29 is 8.42 Å². The summed E-state index contributed by atoms with van der Waals surface area (Å²) in [6.07, 6.45) is 4.28. The van der Waals surface area contributed by atoms with E-state index in [2.05, 4.69) is 24.3 Å². The number of hydrazine groups is 1. The van der Waals surface area contributed by atoms with Gasteiger partial charge in [-0.3, -0.25) is 0 Å². The molecule has 1 fully saturated rings. The molecule has 0 spiro atoms. The zero-order valence-electron chi connectivity index (χ0n) is 12.0. The lowest BCUT2D eigenvalue weighted by Crippen LogP contribution is -2.32.